The summed E-state index contributed by atoms with van der Waals surface area (Å²) >= 11 is 0. The molecule has 0 saturated carbocycles. The van der Waals surface area contributed by atoms with Gasteiger partial charge < -0.3 is 4.74 Å². The lowest BCUT2D eigenvalue weighted by Gasteiger charge is -2.16. The Bertz CT molecular complexity index is 716. The third-order valence-corrected chi connectivity index (χ3v) is 4.28. The van der Waals surface area contributed by atoms with Crippen molar-refractivity contribution in [1.82, 2.24) is 4.90 Å². The number of carbonyl (C=O) groups is 1. The quantitative estimate of drug-likeness (QED) is 0.747. The monoisotopic (exact) mass is 294 g/mol. The van der Waals surface area contributed by atoms with Gasteiger partial charge in [0.2, 0.25) is 0 Å². The summed E-state index contributed by atoms with van der Waals surface area (Å²) in [6, 6.07) is 7.92. The fourth-order valence-corrected chi connectivity index (χ4v) is 3.14. The van der Waals surface area contributed by atoms with Crippen LogP contribution in [-0.4, -0.2) is 29.8 Å². The fourth-order valence-electron chi connectivity index (χ4n) is 3.14. The molecule has 0 spiro atoms. The summed E-state index contributed by atoms with van der Waals surface area (Å²) in [6.07, 6.45) is 8.22. The second kappa shape index (κ2) is 5.44. The van der Waals surface area contributed by atoms with Crippen molar-refractivity contribution in [3.05, 3.63) is 47.2 Å². The highest BCUT2D eigenvalue weighted by Gasteiger charge is 2.30. The highest BCUT2D eigenvalue weighted by atomic mass is 16.5. The summed E-state index contributed by atoms with van der Waals surface area (Å²) in [5.41, 5.74) is 2.59. The fraction of sp³-hybridized carbons (Fsp3) is 0.333. The number of amides is 1. The SMILES string of the molecule is O=C1/C(=C/C2=Cc3ccccc3OC2)N=C2CCCCCN12. The van der Waals surface area contributed by atoms with Crippen LogP contribution >= 0.6 is 0 Å². The number of carbonyl (C=O) groups excluding carboxylic acids is 1. The number of ether oxygens (including phenoxy) is 1. The summed E-state index contributed by atoms with van der Waals surface area (Å²) in [7, 11) is 0. The first-order valence-corrected chi connectivity index (χ1v) is 7.85. The third kappa shape index (κ3) is 2.34. The number of amidine groups is 1. The number of fused-ring (bicyclic) bond motifs is 2. The van der Waals surface area contributed by atoms with E-state index in [4.69, 9.17) is 4.74 Å². The van der Waals surface area contributed by atoms with E-state index in [-0.39, 0.29) is 5.91 Å². The summed E-state index contributed by atoms with van der Waals surface area (Å²) in [4.78, 5) is 18.9. The molecule has 4 rings (SSSR count). The molecule has 0 unspecified atom stereocenters. The molecule has 1 saturated heterocycles. The standard InChI is InChI=1S/C18H18N2O2/c21-18-15(19-17-8-2-1-5-9-20(17)18)11-13-10-14-6-3-4-7-16(14)22-12-13/h3-4,6-7,10-11H,1-2,5,8-9,12H2/b15-11-. The number of hydrogen-bond donors (Lipinski definition) is 0. The maximum Gasteiger partial charge on any atom is 0.277 e. The zero-order chi connectivity index (χ0) is 14.9. The predicted molar refractivity (Wildman–Crippen MR) is 85.6 cm³/mol. The third-order valence-electron chi connectivity index (χ3n) is 4.28. The Balaban J connectivity index is 1.64. The van der Waals surface area contributed by atoms with E-state index in [1.54, 1.807) is 0 Å². The Morgan fingerprint density at radius 3 is 3.05 bits per heavy atom. The molecule has 1 amide bonds. The van der Waals surface area contributed by atoms with Gasteiger partial charge in [0.05, 0.1) is 0 Å². The number of nitrogens with zero attached hydrogens (tertiary/aromatic N) is 2. The molecule has 1 aromatic carbocycles. The molecule has 1 aromatic rings. The molecule has 4 heteroatoms. The van der Waals surface area contributed by atoms with Gasteiger partial charge >= 0.3 is 0 Å². The first kappa shape index (κ1) is 13.3. The molecule has 1 fully saturated rings. The minimum Gasteiger partial charge on any atom is -0.488 e. The highest BCUT2D eigenvalue weighted by molar-refractivity contribution is 6.12. The smallest absolute Gasteiger partial charge is 0.277 e. The van der Waals surface area contributed by atoms with E-state index in [9.17, 15) is 4.79 Å². The van der Waals surface area contributed by atoms with Gasteiger partial charge in [-0.2, -0.15) is 0 Å². The van der Waals surface area contributed by atoms with E-state index >= 15 is 0 Å². The molecular formula is C18H18N2O2. The second-order valence-electron chi connectivity index (χ2n) is 5.87. The molecule has 0 radical (unpaired) electrons. The largest absolute Gasteiger partial charge is 0.488 e. The van der Waals surface area contributed by atoms with Crippen molar-refractivity contribution in [3.63, 3.8) is 0 Å². The normalized spacial score (nSPS) is 22.5. The molecule has 22 heavy (non-hydrogen) atoms. The molecule has 0 N–H and O–H groups in total. The summed E-state index contributed by atoms with van der Waals surface area (Å²) in [5, 5.41) is 0. The second-order valence-corrected chi connectivity index (χ2v) is 5.87. The first-order chi connectivity index (χ1) is 10.8. The van der Waals surface area contributed by atoms with Gasteiger partial charge in [-0.1, -0.05) is 24.6 Å². The molecule has 3 heterocycles. The molecule has 0 bridgehead atoms. The van der Waals surface area contributed by atoms with E-state index in [2.05, 4.69) is 11.1 Å². The van der Waals surface area contributed by atoms with Crippen molar-refractivity contribution in [2.75, 3.05) is 13.2 Å². The van der Waals surface area contributed by atoms with Crippen molar-refractivity contribution in [3.8, 4) is 5.75 Å². The molecular weight excluding hydrogens is 276 g/mol. The average molecular weight is 294 g/mol. The minimum absolute atomic E-state index is 0.0386. The zero-order valence-electron chi connectivity index (χ0n) is 12.4. The molecule has 0 aliphatic carbocycles. The highest BCUT2D eigenvalue weighted by Crippen LogP contribution is 2.28. The molecule has 0 aromatic heterocycles. The summed E-state index contributed by atoms with van der Waals surface area (Å²) < 4.78 is 5.73. The Labute approximate surface area is 129 Å². The van der Waals surface area contributed by atoms with Crippen LogP contribution in [-0.2, 0) is 4.79 Å². The van der Waals surface area contributed by atoms with Crippen LogP contribution in [0.4, 0.5) is 0 Å². The molecule has 112 valence electrons. The number of para-hydroxylation sites is 1. The van der Waals surface area contributed by atoms with Gasteiger partial charge in [-0.25, -0.2) is 4.99 Å². The Morgan fingerprint density at radius 1 is 1.18 bits per heavy atom. The van der Waals surface area contributed by atoms with Crippen LogP contribution in [0.3, 0.4) is 0 Å². The minimum atomic E-state index is 0.0386. The lowest BCUT2D eigenvalue weighted by atomic mass is 10.1. The van der Waals surface area contributed by atoms with Gasteiger partial charge in [-0.05, 0) is 36.6 Å². The number of aliphatic imine (C=N–C) groups is 1. The number of benzene rings is 1. The van der Waals surface area contributed by atoms with Crippen molar-refractivity contribution >= 4 is 17.8 Å². The van der Waals surface area contributed by atoms with Gasteiger partial charge in [0.25, 0.3) is 5.91 Å². The van der Waals surface area contributed by atoms with Gasteiger partial charge in [0.1, 0.15) is 23.9 Å². The first-order valence-electron chi connectivity index (χ1n) is 7.85. The van der Waals surface area contributed by atoms with Crippen LogP contribution in [0, 0.1) is 0 Å². The lowest BCUT2D eigenvalue weighted by Crippen LogP contribution is -2.31. The van der Waals surface area contributed by atoms with Crippen molar-refractivity contribution in [1.29, 1.82) is 0 Å². The van der Waals surface area contributed by atoms with Crippen LogP contribution in [0.1, 0.15) is 31.2 Å². The van der Waals surface area contributed by atoms with E-state index in [1.165, 1.54) is 6.42 Å². The van der Waals surface area contributed by atoms with Crippen LogP contribution < -0.4 is 4.74 Å². The van der Waals surface area contributed by atoms with Crippen LogP contribution in [0.2, 0.25) is 0 Å². The molecule has 3 aliphatic rings. The maximum absolute atomic E-state index is 12.5. The topological polar surface area (TPSA) is 41.9 Å². The van der Waals surface area contributed by atoms with Crippen LogP contribution in [0.15, 0.2) is 46.6 Å². The van der Waals surface area contributed by atoms with Gasteiger partial charge in [-0.15, -0.1) is 0 Å². The van der Waals surface area contributed by atoms with Gasteiger partial charge in [0.15, 0.2) is 0 Å². The Hall–Kier alpha value is -2.36. The lowest BCUT2D eigenvalue weighted by molar-refractivity contribution is -0.122. The summed E-state index contributed by atoms with van der Waals surface area (Å²) in [5.74, 6) is 1.87. The average Bonchev–Trinajstić information content (AvgIpc) is 2.72. The maximum atomic E-state index is 12.5. The van der Waals surface area contributed by atoms with Crippen molar-refractivity contribution < 1.29 is 9.53 Å². The number of hydrogen-bond acceptors (Lipinski definition) is 3. The molecule has 0 atom stereocenters. The van der Waals surface area contributed by atoms with Crippen molar-refractivity contribution in [2.24, 2.45) is 4.99 Å². The number of rotatable bonds is 1. The Kier molecular flexibility index (Phi) is 3.29. The van der Waals surface area contributed by atoms with Gasteiger partial charge in [0, 0.05) is 18.5 Å². The Morgan fingerprint density at radius 2 is 2.09 bits per heavy atom. The van der Waals surface area contributed by atoms with Crippen LogP contribution in [0.25, 0.3) is 6.08 Å². The van der Waals surface area contributed by atoms with E-state index in [1.807, 2.05) is 35.2 Å². The van der Waals surface area contributed by atoms with E-state index in [0.29, 0.717) is 12.3 Å². The molecule has 4 nitrogen and oxygen atoms in total. The van der Waals surface area contributed by atoms with Gasteiger partial charge in [-0.3, -0.25) is 9.69 Å². The zero-order valence-corrected chi connectivity index (χ0v) is 12.4. The van der Waals surface area contributed by atoms with E-state index in [0.717, 1.165) is 48.5 Å². The predicted octanol–water partition coefficient (Wildman–Crippen LogP) is 3.16. The summed E-state index contributed by atoms with van der Waals surface area (Å²) in [6.45, 7) is 1.28. The van der Waals surface area contributed by atoms with Crippen LogP contribution in [0.5, 0.6) is 5.75 Å². The van der Waals surface area contributed by atoms with E-state index < -0.39 is 0 Å². The van der Waals surface area contributed by atoms with Crippen molar-refractivity contribution in [2.45, 2.75) is 25.7 Å². The molecule has 3 aliphatic heterocycles.